The predicted molar refractivity (Wildman–Crippen MR) is 77.9 cm³/mol. The molecule has 8 heteroatoms. The molecule has 0 saturated carbocycles. The Kier molecular flexibility index (Phi) is 4.50. The summed E-state index contributed by atoms with van der Waals surface area (Å²) in [5.41, 5.74) is 11.1. The number of aliphatic hydroxyl groups excluding tert-OH is 1. The number of sulfonamides is 1. The Morgan fingerprint density at radius 3 is 2.43 bits per heavy atom. The van der Waals surface area contributed by atoms with Crippen LogP contribution in [0.15, 0.2) is 23.1 Å². The molecule has 1 aromatic carbocycles. The molecule has 0 bridgehead atoms. The van der Waals surface area contributed by atoms with Crippen LogP contribution < -0.4 is 11.5 Å². The van der Waals surface area contributed by atoms with Gasteiger partial charge in [-0.1, -0.05) is 0 Å². The van der Waals surface area contributed by atoms with Crippen molar-refractivity contribution in [1.82, 2.24) is 4.31 Å². The molecule has 1 aromatic rings. The number of hydrogen-bond acceptors (Lipinski definition) is 5. The van der Waals surface area contributed by atoms with Gasteiger partial charge in [0.1, 0.15) is 4.90 Å². The Morgan fingerprint density at radius 2 is 1.95 bits per heavy atom. The number of carbonyl (C=O) groups excluding carboxylic acids is 1. The molecule has 0 atom stereocenters. The number of hydrogen-bond donors (Lipinski definition) is 3. The Bertz CT molecular complexity index is 637. The molecule has 21 heavy (non-hydrogen) atoms. The van der Waals surface area contributed by atoms with Crippen molar-refractivity contribution in [2.24, 2.45) is 11.7 Å². The molecule has 2 rings (SSSR count). The van der Waals surface area contributed by atoms with Crippen molar-refractivity contribution in [3.8, 4) is 0 Å². The molecular weight excluding hydrogens is 294 g/mol. The molecule has 116 valence electrons. The number of nitrogen functional groups attached to an aromatic ring is 1. The zero-order valence-corrected chi connectivity index (χ0v) is 12.3. The number of anilines is 1. The lowest BCUT2D eigenvalue weighted by Crippen LogP contribution is -2.39. The third-order valence-electron chi connectivity index (χ3n) is 3.74. The van der Waals surface area contributed by atoms with Crippen LogP contribution in [-0.4, -0.2) is 43.4 Å². The van der Waals surface area contributed by atoms with E-state index in [2.05, 4.69) is 0 Å². The highest BCUT2D eigenvalue weighted by atomic mass is 32.2. The van der Waals surface area contributed by atoms with Gasteiger partial charge in [0.25, 0.3) is 0 Å². The van der Waals surface area contributed by atoms with Crippen LogP contribution in [0.4, 0.5) is 5.69 Å². The third kappa shape index (κ3) is 3.17. The molecule has 1 aliphatic rings. The van der Waals surface area contributed by atoms with Crippen LogP contribution in [0.5, 0.6) is 0 Å². The van der Waals surface area contributed by atoms with E-state index < -0.39 is 15.9 Å². The third-order valence-corrected chi connectivity index (χ3v) is 5.72. The summed E-state index contributed by atoms with van der Waals surface area (Å²) in [6, 6.07) is 3.94. The number of aliphatic hydroxyl groups is 1. The molecule has 0 aromatic heterocycles. The second kappa shape index (κ2) is 6.00. The van der Waals surface area contributed by atoms with E-state index in [1.807, 2.05) is 0 Å². The van der Waals surface area contributed by atoms with Crippen molar-refractivity contribution in [3.63, 3.8) is 0 Å². The summed E-state index contributed by atoms with van der Waals surface area (Å²) < 4.78 is 26.5. The lowest BCUT2D eigenvalue weighted by Gasteiger charge is -2.30. The van der Waals surface area contributed by atoms with Gasteiger partial charge in [0, 0.05) is 25.3 Å². The van der Waals surface area contributed by atoms with E-state index in [9.17, 15) is 13.2 Å². The summed E-state index contributed by atoms with van der Waals surface area (Å²) in [7, 11) is -3.69. The lowest BCUT2D eigenvalue weighted by atomic mass is 10.00. The summed E-state index contributed by atoms with van der Waals surface area (Å²) in [6.45, 7) is 0.776. The molecule has 1 aliphatic heterocycles. The Hall–Kier alpha value is -1.64. The summed E-state index contributed by atoms with van der Waals surface area (Å²) in [5, 5.41) is 9.09. The molecule has 0 aliphatic carbocycles. The SMILES string of the molecule is NC(=O)c1ccc(S(=O)(=O)N2CCC(CO)CC2)c(N)c1. The van der Waals surface area contributed by atoms with Gasteiger partial charge in [-0.2, -0.15) is 4.31 Å². The topological polar surface area (TPSA) is 127 Å². The lowest BCUT2D eigenvalue weighted by molar-refractivity contribution is 0.1000. The maximum atomic E-state index is 12.6. The number of carbonyl (C=O) groups is 1. The second-order valence-electron chi connectivity index (χ2n) is 5.15. The van der Waals surface area contributed by atoms with Crippen LogP contribution in [-0.2, 0) is 10.0 Å². The van der Waals surface area contributed by atoms with E-state index in [1.165, 1.54) is 22.5 Å². The molecule has 0 radical (unpaired) electrons. The van der Waals surface area contributed by atoms with Gasteiger partial charge >= 0.3 is 0 Å². The van der Waals surface area contributed by atoms with Crippen molar-refractivity contribution in [2.45, 2.75) is 17.7 Å². The maximum absolute atomic E-state index is 12.6. The minimum Gasteiger partial charge on any atom is -0.398 e. The van der Waals surface area contributed by atoms with Crippen molar-refractivity contribution in [3.05, 3.63) is 23.8 Å². The Labute approximate surface area is 123 Å². The van der Waals surface area contributed by atoms with Crippen molar-refractivity contribution >= 4 is 21.6 Å². The van der Waals surface area contributed by atoms with E-state index in [-0.39, 0.29) is 28.7 Å². The minimum absolute atomic E-state index is 0.00980. The van der Waals surface area contributed by atoms with Gasteiger partial charge in [0.05, 0.1) is 5.69 Å². The first-order chi connectivity index (χ1) is 9.86. The monoisotopic (exact) mass is 313 g/mol. The molecule has 0 unspecified atom stereocenters. The van der Waals surface area contributed by atoms with Crippen LogP contribution >= 0.6 is 0 Å². The van der Waals surface area contributed by atoms with Gasteiger partial charge < -0.3 is 16.6 Å². The van der Waals surface area contributed by atoms with Crippen molar-refractivity contribution < 1.29 is 18.3 Å². The molecule has 5 N–H and O–H groups in total. The van der Waals surface area contributed by atoms with Crippen LogP contribution in [0.1, 0.15) is 23.2 Å². The molecular formula is C13H19N3O4S. The number of rotatable bonds is 4. The highest BCUT2D eigenvalue weighted by Gasteiger charge is 2.30. The van der Waals surface area contributed by atoms with Gasteiger partial charge in [-0.25, -0.2) is 8.42 Å². The van der Waals surface area contributed by atoms with E-state index in [0.29, 0.717) is 25.9 Å². The Morgan fingerprint density at radius 1 is 1.33 bits per heavy atom. The van der Waals surface area contributed by atoms with E-state index >= 15 is 0 Å². The average molecular weight is 313 g/mol. The van der Waals surface area contributed by atoms with Gasteiger partial charge in [-0.3, -0.25) is 4.79 Å². The fraction of sp³-hybridized carbons (Fsp3) is 0.462. The quantitative estimate of drug-likeness (QED) is 0.661. The molecule has 0 spiro atoms. The average Bonchev–Trinajstić information content (AvgIpc) is 2.46. The minimum atomic E-state index is -3.69. The van der Waals surface area contributed by atoms with E-state index in [1.54, 1.807) is 0 Å². The fourth-order valence-electron chi connectivity index (χ4n) is 2.41. The zero-order valence-electron chi connectivity index (χ0n) is 11.5. The number of amides is 1. The first-order valence-corrected chi connectivity index (χ1v) is 8.10. The number of primary amides is 1. The van der Waals surface area contributed by atoms with Crippen LogP contribution in [0.2, 0.25) is 0 Å². The highest BCUT2D eigenvalue weighted by molar-refractivity contribution is 7.89. The number of nitrogens with zero attached hydrogens (tertiary/aromatic N) is 1. The largest absolute Gasteiger partial charge is 0.398 e. The summed E-state index contributed by atoms with van der Waals surface area (Å²) in [5.74, 6) is -0.513. The van der Waals surface area contributed by atoms with Crippen LogP contribution in [0.3, 0.4) is 0 Å². The zero-order chi connectivity index (χ0) is 15.6. The highest BCUT2D eigenvalue weighted by Crippen LogP contribution is 2.27. The second-order valence-corrected chi connectivity index (χ2v) is 7.05. The molecule has 1 heterocycles. The number of benzene rings is 1. The van der Waals surface area contributed by atoms with Crippen LogP contribution in [0.25, 0.3) is 0 Å². The first kappa shape index (κ1) is 15.7. The standard InChI is InChI=1S/C13H19N3O4S/c14-11-7-10(13(15)18)1-2-12(11)21(19,20)16-5-3-9(8-17)4-6-16/h1-2,7,9,17H,3-6,8,14H2,(H2,15,18). The van der Waals surface area contributed by atoms with Crippen molar-refractivity contribution in [1.29, 1.82) is 0 Å². The molecule has 1 amide bonds. The molecule has 1 saturated heterocycles. The fourth-order valence-corrected chi connectivity index (χ4v) is 3.97. The summed E-state index contributed by atoms with van der Waals surface area (Å²) in [6.07, 6.45) is 1.24. The van der Waals surface area contributed by atoms with Gasteiger partial charge in [-0.05, 0) is 37.0 Å². The summed E-state index contributed by atoms with van der Waals surface area (Å²) >= 11 is 0. The van der Waals surface area contributed by atoms with E-state index in [4.69, 9.17) is 16.6 Å². The van der Waals surface area contributed by atoms with Crippen LogP contribution in [0, 0.1) is 5.92 Å². The van der Waals surface area contributed by atoms with Crippen molar-refractivity contribution in [2.75, 3.05) is 25.4 Å². The smallest absolute Gasteiger partial charge is 0.248 e. The Balaban J connectivity index is 2.26. The number of piperidine rings is 1. The number of nitrogens with two attached hydrogens (primary N) is 2. The molecule has 1 fully saturated rings. The maximum Gasteiger partial charge on any atom is 0.248 e. The van der Waals surface area contributed by atoms with Gasteiger partial charge in [0.15, 0.2) is 0 Å². The normalized spacial score (nSPS) is 17.8. The molecule has 7 nitrogen and oxygen atoms in total. The van der Waals surface area contributed by atoms with Gasteiger partial charge in [-0.15, -0.1) is 0 Å². The van der Waals surface area contributed by atoms with Gasteiger partial charge in [0.2, 0.25) is 15.9 Å². The van der Waals surface area contributed by atoms with E-state index in [0.717, 1.165) is 0 Å². The first-order valence-electron chi connectivity index (χ1n) is 6.66. The predicted octanol–water partition coefficient (Wildman–Crippen LogP) is -0.239. The summed E-state index contributed by atoms with van der Waals surface area (Å²) in [4.78, 5) is 11.0.